The van der Waals surface area contributed by atoms with Crippen molar-refractivity contribution in [3.8, 4) is 5.75 Å². The van der Waals surface area contributed by atoms with Gasteiger partial charge in [-0.15, -0.1) is 0 Å². The van der Waals surface area contributed by atoms with Crippen LogP contribution in [0.1, 0.15) is 75.8 Å². The lowest BCUT2D eigenvalue weighted by atomic mass is 10.0. The summed E-state index contributed by atoms with van der Waals surface area (Å²) in [5.74, 6) is -9.47. The monoisotopic (exact) mass is 1260 g/mol. The molecule has 0 saturated carbocycles. The molecule has 9 atom stereocenters. The molecule has 20 N–H and O–H groups in total. The number of fused-ring (bicyclic) bond motifs is 1. The molecule has 0 radical (unpaired) electrons. The summed E-state index contributed by atoms with van der Waals surface area (Å²) in [6, 6.07) is 8.46. The maximum Gasteiger partial charge on any atom is 0.334 e. The number of nitrogens with zero attached hydrogens (tertiary/aromatic N) is 3. The van der Waals surface area contributed by atoms with E-state index in [2.05, 4.69) is 73.7 Å². The quantitative estimate of drug-likeness (QED) is 0.00867. The number of aliphatic hydroxyl groups is 1. The highest BCUT2D eigenvalue weighted by Gasteiger charge is 2.36. The summed E-state index contributed by atoms with van der Waals surface area (Å²) in [6.07, 6.45) is 1.74. The first-order valence-corrected chi connectivity index (χ1v) is 29.2. The molecule has 0 aliphatic rings. The summed E-state index contributed by atoms with van der Waals surface area (Å²) < 4.78 is 1.55. The summed E-state index contributed by atoms with van der Waals surface area (Å²) in [5.41, 5.74) is 24.5. The number of rotatable bonds is 33. The van der Waals surface area contributed by atoms with E-state index in [1.165, 1.54) is 50.8 Å². The van der Waals surface area contributed by atoms with Gasteiger partial charge in [-0.2, -0.15) is 0 Å². The van der Waals surface area contributed by atoms with Crippen LogP contribution in [0.4, 0.5) is 4.79 Å². The third kappa shape index (κ3) is 23.1. The molecule has 5 aromatic rings. The average Bonchev–Trinajstić information content (AvgIpc) is 2.30. The van der Waals surface area contributed by atoms with Crippen LogP contribution in [0.3, 0.4) is 0 Å². The topological polar surface area (TPSA) is 485 Å². The minimum atomic E-state index is -1.90. The van der Waals surface area contributed by atoms with Gasteiger partial charge in [-0.3, -0.25) is 58.4 Å². The molecule has 12 amide bonds. The highest BCUT2D eigenvalue weighted by Crippen LogP contribution is 2.20. The highest BCUT2D eigenvalue weighted by atomic mass is 16.3. The number of hydrogen-bond acceptors (Lipinski definition) is 15. The standard InChI is InChI=1S/C60H82N18O13/c1-32(2)23-44(53(85)69-42(17-12-22-66-59(63)64-5)52(84)70-43(51(62)83)26-37-29-67-41-16-11-10-15-40(37)41)74-60(91)77-76-57(89)46(24-35-13-8-7-9-14-35)73-58(90)50(33(3)79)75-56(88)48(28-49(61)82)72-55(87)47(27-38-30-65-31-78(38)6)71-54(86)45(68-34(4)80)25-36-18-20-39(81)21-19-36/h7-11,13-16,18-21,29-33,42-48,50,67,79,81H,12,17,22-28H2,1-6H3,(H2,61,82)(H2,62,83)(H,68,80)(H,69,85)(H,70,84)(H,71,86)(H,72,87)(H,73,90)(H,75,88)(H,76,89)(H3,63,64,66)(H2,74,77,91)/t33-,42+,43+,44+,45-,46+,47+,48+,50+/m1/s1. The first-order chi connectivity index (χ1) is 43.2. The van der Waals surface area contributed by atoms with Gasteiger partial charge in [0.1, 0.15) is 54.1 Å². The number of primary amides is 2. The van der Waals surface area contributed by atoms with E-state index < -0.39 is 126 Å². The van der Waals surface area contributed by atoms with E-state index >= 15 is 0 Å². The number of aliphatic imine (C=N–C) groups is 1. The van der Waals surface area contributed by atoms with Crippen LogP contribution in [0, 0.1) is 5.92 Å². The number of nitrogens with two attached hydrogens (primary N) is 3. The maximum atomic E-state index is 14.2. The van der Waals surface area contributed by atoms with Crippen LogP contribution in [0.5, 0.6) is 5.75 Å². The maximum absolute atomic E-state index is 14.2. The van der Waals surface area contributed by atoms with Gasteiger partial charge < -0.3 is 84.8 Å². The molecule has 2 heterocycles. The van der Waals surface area contributed by atoms with Gasteiger partial charge in [0, 0.05) is 82.2 Å². The predicted molar refractivity (Wildman–Crippen MR) is 333 cm³/mol. The molecule has 0 aliphatic carbocycles. The number of nitrogens with one attached hydrogen (secondary N) is 12. The van der Waals surface area contributed by atoms with E-state index in [4.69, 9.17) is 17.2 Å². The van der Waals surface area contributed by atoms with E-state index in [1.807, 2.05) is 24.3 Å². The Hall–Kier alpha value is -10.6. The van der Waals surface area contributed by atoms with E-state index in [1.54, 1.807) is 62.0 Å². The summed E-state index contributed by atoms with van der Waals surface area (Å²) in [4.78, 5) is 161. The number of aromatic nitrogens is 3. The Labute approximate surface area is 524 Å². The molecular weight excluding hydrogens is 1180 g/mol. The van der Waals surface area contributed by atoms with Gasteiger partial charge in [-0.05, 0) is 67.0 Å². The molecule has 31 heteroatoms. The van der Waals surface area contributed by atoms with Crippen molar-refractivity contribution in [2.24, 2.45) is 35.2 Å². The average molecular weight is 1260 g/mol. The first kappa shape index (κ1) is 71.2. The van der Waals surface area contributed by atoms with Crippen LogP contribution in [0.15, 0.2) is 103 Å². The van der Waals surface area contributed by atoms with Crippen LogP contribution in [-0.4, -0.2) is 164 Å². The van der Waals surface area contributed by atoms with E-state index in [0.29, 0.717) is 22.4 Å². The SMILES string of the molecule is CN=C(N)NCCC[C@H](NC(=O)[C@H](CC(C)C)NC(=O)NNC(=O)[C@H](Cc1ccccc1)NC(=O)[C@@H](NC(=O)[C@H](CC(N)=O)NC(=O)[C@H](Cc1cncn1C)NC(=O)[C@@H](Cc1ccc(O)cc1)NC(C)=O)[C@@H](C)O)C(=O)N[C@@H](Cc1c[nH]c2ccccc12)C(N)=O. The highest BCUT2D eigenvalue weighted by molar-refractivity contribution is 5.99. The van der Waals surface area contributed by atoms with E-state index in [0.717, 1.165) is 17.8 Å². The number of hydrogen-bond donors (Lipinski definition) is 17. The molecule has 0 saturated heterocycles. The van der Waals surface area contributed by atoms with Crippen molar-refractivity contribution >= 4 is 82.0 Å². The number of aromatic hydroxyl groups is 1. The number of amides is 12. The number of hydrazine groups is 1. The van der Waals surface area contributed by atoms with Gasteiger partial charge in [-0.25, -0.2) is 15.2 Å². The van der Waals surface area contributed by atoms with Crippen molar-refractivity contribution in [1.82, 2.24) is 73.2 Å². The lowest BCUT2D eigenvalue weighted by Crippen LogP contribution is -2.62. The van der Waals surface area contributed by atoms with Crippen LogP contribution in [0.25, 0.3) is 10.9 Å². The Morgan fingerprint density at radius 3 is 1.78 bits per heavy atom. The van der Waals surface area contributed by atoms with Gasteiger partial charge in [0.2, 0.25) is 53.2 Å². The smallest absolute Gasteiger partial charge is 0.334 e. The second-order valence-corrected chi connectivity index (χ2v) is 22.1. The molecule has 5 rings (SSSR count). The Kier molecular flexibility index (Phi) is 27.2. The molecule has 0 bridgehead atoms. The fourth-order valence-electron chi connectivity index (χ4n) is 9.52. The molecule has 490 valence electrons. The zero-order chi connectivity index (χ0) is 66.9. The second kappa shape index (κ2) is 34.8. The summed E-state index contributed by atoms with van der Waals surface area (Å²) >= 11 is 0. The Morgan fingerprint density at radius 2 is 1.18 bits per heavy atom. The van der Waals surface area contributed by atoms with Gasteiger partial charge in [0.25, 0.3) is 5.91 Å². The fraction of sp³-hybridized carbons (Fsp3) is 0.417. The molecule has 2 aromatic heterocycles. The lowest BCUT2D eigenvalue weighted by Gasteiger charge is -2.28. The van der Waals surface area contributed by atoms with Crippen molar-refractivity contribution in [1.29, 1.82) is 0 Å². The van der Waals surface area contributed by atoms with Gasteiger partial charge in [0.05, 0.1) is 18.9 Å². The van der Waals surface area contributed by atoms with Crippen molar-refractivity contribution in [3.63, 3.8) is 0 Å². The number of phenolic OH excluding ortho intramolecular Hbond substituents is 1. The molecule has 0 unspecified atom stereocenters. The van der Waals surface area contributed by atoms with Crippen molar-refractivity contribution in [3.05, 3.63) is 120 Å². The number of aromatic amines is 1. The molecule has 31 nitrogen and oxygen atoms in total. The molecule has 3 aromatic carbocycles. The molecule has 0 fully saturated rings. The zero-order valence-electron chi connectivity index (χ0n) is 51.3. The molecular formula is C60H82N18O13. The number of para-hydroxylation sites is 1. The predicted octanol–water partition coefficient (Wildman–Crippen LogP) is -2.91. The van der Waals surface area contributed by atoms with Gasteiger partial charge >= 0.3 is 6.03 Å². The first-order valence-electron chi connectivity index (χ1n) is 29.2. The Balaban J connectivity index is 1.30. The number of guanidine groups is 1. The number of H-pyrrole nitrogens is 1. The molecule has 0 aliphatic heterocycles. The number of aliphatic hydroxyl groups excluding tert-OH is 1. The van der Waals surface area contributed by atoms with Crippen molar-refractivity contribution < 1.29 is 63.0 Å². The third-order valence-electron chi connectivity index (χ3n) is 14.3. The lowest BCUT2D eigenvalue weighted by molar-refractivity contribution is -0.137. The van der Waals surface area contributed by atoms with Gasteiger partial charge in [0.15, 0.2) is 5.96 Å². The van der Waals surface area contributed by atoms with Crippen molar-refractivity contribution in [2.75, 3.05) is 13.6 Å². The van der Waals surface area contributed by atoms with Gasteiger partial charge in [-0.1, -0.05) is 74.5 Å². The Bertz CT molecular complexity index is 3370. The largest absolute Gasteiger partial charge is 0.508 e. The van der Waals surface area contributed by atoms with E-state index in [9.17, 15) is 63.0 Å². The summed E-state index contributed by atoms with van der Waals surface area (Å²) in [5, 5.41) is 44.6. The fourth-order valence-corrected chi connectivity index (χ4v) is 9.52. The van der Waals surface area contributed by atoms with Crippen LogP contribution < -0.4 is 75.9 Å². The molecule has 91 heavy (non-hydrogen) atoms. The number of carbonyl (C=O) groups excluding carboxylic acids is 11. The van der Waals surface area contributed by atoms with Crippen molar-refractivity contribution in [2.45, 2.75) is 134 Å². The third-order valence-corrected chi connectivity index (χ3v) is 14.3. The minimum Gasteiger partial charge on any atom is -0.508 e. The van der Waals surface area contributed by atoms with E-state index in [-0.39, 0.29) is 69.1 Å². The normalized spacial score (nSPS) is 14.3. The number of benzene rings is 3. The second-order valence-electron chi connectivity index (χ2n) is 22.1. The van der Waals surface area contributed by atoms with Crippen LogP contribution >= 0.6 is 0 Å². The number of aryl methyl sites for hydroxylation is 1. The van der Waals surface area contributed by atoms with Crippen LogP contribution in [-0.2, 0) is 80.7 Å². The molecule has 0 spiro atoms. The summed E-state index contributed by atoms with van der Waals surface area (Å²) in [6.45, 7) is 6.09. The number of phenols is 1. The minimum absolute atomic E-state index is 0.0126. The number of urea groups is 1. The number of carbonyl (C=O) groups is 11. The Morgan fingerprint density at radius 1 is 0.615 bits per heavy atom. The van der Waals surface area contributed by atoms with Crippen LogP contribution in [0.2, 0.25) is 0 Å². The zero-order valence-corrected chi connectivity index (χ0v) is 51.3. The number of imidazole rings is 1. The summed E-state index contributed by atoms with van der Waals surface area (Å²) in [7, 11) is 3.10.